The van der Waals surface area contributed by atoms with E-state index in [4.69, 9.17) is 4.74 Å². The van der Waals surface area contributed by atoms with Crippen LogP contribution in [0.15, 0.2) is 23.8 Å². The van der Waals surface area contributed by atoms with Gasteiger partial charge in [-0.3, -0.25) is 9.59 Å². The first-order chi connectivity index (χ1) is 15.2. The van der Waals surface area contributed by atoms with E-state index in [1.165, 1.54) is 27.6 Å². The standard InChI is InChI=1S/C21H23N5O3S2/c1-29-11-5-10-24-19(28)16-13-6-2-3-7-15(13)31-20(16)26-18(27)14-12-30-21(25-14)17-22-8-4-9-23-17/h4,8-9,12H,2-3,5-7,10-11H2,1H3,(H,24,28)(H,26,27). The molecule has 4 rings (SSSR count). The molecule has 31 heavy (non-hydrogen) atoms. The smallest absolute Gasteiger partial charge is 0.275 e. The number of carbonyl (C=O) groups is 2. The highest BCUT2D eigenvalue weighted by atomic mass is 32.1. The topological polar surface area (TPSA) is 106 Å². The monoisotopic (exact) mass is 457 g/mol. The molecule has 0 fully saturated rings. The number of hydrogen-bond donors (Lipinski definition) is 2. The van der Waals surface area contributed by atoms with Crippen LogP contribution in [-0.4, -0.2) is 47.0 Å². The normalized spacial score (nSPS) is 12.9. The first-order valence-corrected chi connectivity index (χ1v) is 11.8. The molecule has 0 aromatic carbocycles. The third kappa shape index (κ3) is 4.97. The number of thiazole rings is 1. The summed E-state index contributed by atoms with van der Waals surface area (Å²) in [5.41, 5.74) is 1.94. The highest BCUT2D eigenvalue weighted by Gasteiger charge is 2.27. The van der Waals surface area contributed by atoms with Gasteiger partial charge in [0.15, 0.2) is 10.8 Å². The Labute approximate surface area is 188 Å². The van der Waals surface area contributed by atoms with E-state index in [-0.39, 0.29) is 17.5 Å². The third-order valence-corrected chi connectivity index (χ3v) is 6.98. The van der Waals surface area contributed by atoms with Gasteiger partial charge < -0.3 is 15.4 Å². The molecular weight excluding hydrogens is 434 g/mol. The number of ether oxygens (including phenoxy) is 1. The highest BCUT2D eigenvalue weighted by molar-refractivity contribution is 7.17. The average Bonchev–Trinajstić information content (AvgIpc) is 3.42. The van der Waals surface area contributed by atoms with Crippen molar-refractivity contribution >= 4 is 39.5 Å². The molecule has 8 nitrogen and oxygen atoms in total. The summed E-state index contributed by atoms with van der Waals surface area (Å²) in [5.74, 6) is -0.0119. The van der Waals surface area contributed by atoms with Crippen LogP contribution in [0.25, 0.3) is 10.8 Å². The van der Waals surface area contributed by atoms with Gasteiger partial charge in [-0.05, 0) is 43.7 Å². The lowest BCUT2D eigenvalue weighted by Gasteiger charge is -2.13. The Kier molecular flexibility index (Phi) is 7.00. The Hall–Kier alpha value is -2.69. The summed E-state index contributed by atoms with van der Waals surface area (Å²) in [5, 5.41) is 8.73. The summed E-state index contributed by atoms with van der Waals surface area (Å²) < 4.78 is 5.04. The SMILES string of the molecule is COCCCNC(=O)c1c(NC(=O)c2csc(-c3ncccn3)n2)sc2c1CCCC2. The maximum atomic E-state index is 12.9. The maximum absolute atomic E-state index is 12.9. The zero-order chi connectivity index (χ0) is 21.6. The Morgan fingerprint density at radius 3 is 2.77 bits per heavy atom. The predicted molar refractivity (Wildman–Crippen MR) is 121 cm³/mol. The van der Waals surface area contributed by atoms with E-state index in [0.29, 0.717) is 34.5 Å². The van der Waals surface area contributed by atoms with Gasteiger partial charge in [0.2, 0.25) is 0 Å². The van der Waals surface area contributed by atoms with Gasteiger partial charge in [0, 0.05) is 42.9 Å². The number of aryl methyl sites for hydroxylation is 1. The first-order valence-electron chi connectivity index (χ1n) is 10.1. The minimum absolute atomic E-state index is 0.151. The minimum atomic E-state index is -0.342. The number of anilines is 1. The molecular formula is C21H23N5O3S2. The molecule has 2 amide bonds. The fourth-order valence-corrected chi connectivity index (χ4v) is 5.49. The largest absolute Gasteiger partial charge is 0.385 e. The number of amides is 2. The molecule has 0 bridgehead atoms. The van der Waals surface area contributed by atoms with Gasteiger partial charge >= 0.3 is 0 Å². The van der Waals surface area contributed by atoms with Gasteiger partial charge in [0.25, 0.3) is 11.8 Å². The summed E-state index contributed by atoms with van der Waals surface area (Å²) in [4.78, 5) is 39.7. The number of carbonyl (C=O) groups excluding carboxylic acids is 2. The molecule has 2 N–H and O–H groups in total. The maximum Gasteiger partial charge on any atom is 0.275 e. The van der Waals surface area contributed by atoms with Gasteiger partial charge in [0.1, 0.15) is 10.7 Å². The van der Waals surface area contributed by atoms with Crippen molar-refractivity contribution in [1.82, 2.24) is 20.3 Å². The van der Waals surface area contributed by atoms with Crippen LogP contribution in [0.4, 0.5) is 5.00 Å². The quantitative estimate of drug-likeness (QED) is 0.501. The molecule has 0 spiro atoms. The van der Waals surface area contributed by atoms with Crippen molar-refractivity contribution in [2.45, 2.75) is 32.1 Å². The van der Waals surface area contributed by atoms with Crippen LogP contribution in [0.1, 0.15) is 50.5 Å². The molecule has 3 heterocycles. The minimum Gasteiger partial charge on any atom is -0.385 e. The van der Waals surface area contributed by atoms with E-state index in [1.54, 1.807) is 30.9 Å². The van der Waals surface area contributed by atoms with Crippen molar-refractivity contribution in [2.75, 3.05) is 25.6 Å². The zero-order valence-electron chi connectivity index (χ0n) is 17.1. The number of thiophene rings is 1. The number of hydrogen-bond acceptors (Lipinski definition) is 8. The van der Waals surface area contributed by atoms with Gasteiger partial charge in [-0.1, -0.05) is 0 Å². The van der Waals surface area contributed by atoms with E-state index in [2.05, 4.69) is 25.6 Å². The lowest BCUT2D eigenvalue weighted by atomic mass is 9.95. The van der Waals surface area contributed by atoms with Crippen LogP contribution in [0, 0.1) is 0 Å². The Bertz CT molecular complexity index is 1060. The van der Waals surface area contributed by atoms with Crippen LogP contribution in [-0.2, 0) is 17.6 Å². The second kappa shape index (κ2) is 10.1. The van der Waals surface area contributed by atoms with E-state index in [0.717, 1.165) is 37.7 Å². The third-order valence-electron chi connectivity index (χ3n) is 4.93. The summed E-state index contributed by atoms with van der Waals surface area (Å²) in [7, 11) is 1.64. The molecule has 0 saturated heterocycles. The van der Waals surface area contributed by atoms with E-state index >= 15 is 0 Å². The average molecular weight is 458 g/mol. The number of aromatic nitrogens is 3. The molecule has 3 aromatic rings. The number of nitrogens with zero attached hydrogens (tertiary/aromatic N) is 3. The molecule has 0 aliphatic heterocycles. The molecule has 1 aliphatic carbocycles. The Morgan fingerprint density at radius 1 is 1.16 bits per heavy atom. The molecule has 0 atom stereocenters. The summed E-state index contributed by atoms with van der Waals surface area (Å²) in [6.07, 6.45) is 7.95. The second-order valence-electron chi connectivity index (χ2n) is 7.08. The summed E-state index contributed by atoms with van der Waals surface area (Å²) in [6.45, 7) is 1.11. The van der Waals surface area contributed by atoms with Gasteiger partial charge in [0.05, 0.1) is 5.56 Å². The number of fused-ring (bicyclic) bond motifs is 1. The number of rotatable bonds is 8. The van der Waals surface area contributed by atoms with Crippen LogP contribution < -0.4 is 10.6 Å². The first kappa shape index (κ1) is 21.5. The molecule has 0 radical (unpaired) electrons. The van der Waals surface area contributed by atoms with Crippen molar-refractivity contribution in [3.63, 3.8) is 0 Å². The van der Waals surface area contributed by atoms with Crippen LogP contribution >= 0.6 is 22.7 Å². The van der Waals surface area contributed by atoms with Crippen molar-refractivity contribution < 1.29 is 14.3 Å². The van der Waals surface area contributed by atoms with Crippen molar-refractivity contribution in [3.05, 3.63) is 45.5 Å². The second-order valence-corrected chi connectivity index (χ2v) is 9.04. The lowest BCUT2D eigenvalue weighted by Crippen LogP contribution is -2.27. The fourth-order valence-electron chi connectivity index (χ4n) is 3.46. The molecule has 0 unspecified atom stereocenters. The summed E-state index contributed by atoms with van der Waals surface area (Å²) >= 11 is 2.80. The van der Waals surface area contributed by atoms with E-state index in [1.807, 2.05) is 0 Å². The van der Waals surface area contributed by atoms with Crippen molar-refractivity contribution in [2.24, 2.45) is 0 Å². The molecule has 3 aromatic heterocycles. The fraction of sp³-hybridized carbons (Fsp3) is 0.381. The Morgan fingerprint density at radius 2 is 1.97 bits per heavy atom. The molecule has 1 aliphatic rings. The van der Waals surface area contributed by atoms with Crippen molar-refractivity contribution in [3.8, 4) is 10.8 Å². The zero-order valence-corrected chi connectivity index (χ0v) is 18.8. The van der Waals surface area contributed by atoms with Gasteiger partial charge in [-0.15, -0.1) is 22.7 Å². The predicted octanol–water partition coefficient (Wildman–Crippen LogP) is 3.56. The number of methoxy groups -OCH3 is 1. The Balaban J connectivity index is 1.54. The summed E-state index contributed by atoms with van der Waals surface area (Å²) in [6, 6.07) is 1.73. The molecule has 0 saturated carbocycles. The van der Waals surface area contributed by atoms with Crippen LogP contribution in [0.2, 0.25) is 0 Å². The van der Waals surface area contributed by atoms with Crippen LogP contribution in [0.5, 0.6) is 0 Å². The number of nitrogens with one attached hydrogen (secondary N) is 2. The molecule has 10 heteroatoms. The lowest BCUT2D eigenvalue weighted by molar-refractivity contribution is 0.0948. The van der Waals surface area contributed by atoms with E-state index in [9.17, 15) is 9.59 Å². The van der Waals surface area contributed by atoms with Gasteiger partial charge in [-0.25, -0.2) is 15.0 Å². The highest BCUT2D eigenvalue weighted by Crippen LogP contribution is 2.38. The van der Waals surface area contributed by atoms with E-state index < -0.39 is 0 Å². The van der Waals surface area contributed by atoms with Gasteiger partial charge in [-0.2, -0.15) is 0 Å². The molecule has 162 valence electrons. The van der Waals surface area contributed by atoms with Crippen LogP contribution in [0.3, 0.4) is 0 Å². The van der Waals surface area contributed by atoms with Crippen molar-refractivity contribution in [1.29, 1.82) is 0 Å².